The van der Waals surface area contributed by atoms with Crippen LogP contribution in [0, 0.1) is 17.8 Å². The van der Waals surface area contributed by atoms with Gasteiger partial charge in [0.25, 0.3) is 5.56 Å². The zero-order valence-electron chi connectivity index (χ0n) is 30.9. The maximum absolute atomic E-state index is 13.0. The Hall–Kier alpha value is -5.86. The minimum Gasteiger partial charge on any atom is -0.481 e. The molecule has 3 aromatic heterocycles. The van der Waals surface area contributed by atoms with E-state index in [1.165, 1.54) is 28.7 Å². The van der Waals surface area contributed by atoms with Crippen molar-refractivity contribution in [2.45, 2.75) is 26.2 Å². The van der Waals surface area contributed by atoms with Gasteiger partial charge < -0.3 is 20.3 Å². The molecule has 15 heteroatoms. The number of carbonyl (C=O) groups excluding carboxylic acids is 2. The van der Waals surface area contributed by atoms with E-state index in [1.807, 2.05) is 108 Å². The Morgan fingerprint density at radius 1 is 0.707 bits per heavy atom. The smallest absolute Gasteiger partial charge is 0.307 e. The van der Waals surface area contributed by atoms with Gasteiger partial charge in [-0.1, -0.05) is 127 Å². The van der Waals surface area contributed by atoms with E-state index in [0.29, 0.717) is 56.7 Å². The van der Waals surface area contributed by atoms with Crippen LogP contribution in [-0.2, 0) is 33.6 Å². The number of hydrogen-bond acceptors (Lipinski definition) is 9. The Morgan fingerprint density at radius 2 is 1.19 bits per heavy atom. The average Bonchev–Trinajstić information content (AvgIpc) is 3.99. The number of thiazole rings is 2. The van der Waals surface area contributed by atoms with E-state index in [2.05, 4.69) is 25.8 Å². The number of H-pyrrole nitrogens is 1. The van der Waals surface area contributed by atoms with Crippen LogP contribution in [0.25, 0.3) is 22.5 Å². The Balaban J connectivity index is 0.000000196. The number of carboxylic acid groups (broad SMARTS) is 1. The van der Waals surface area contributed by atoms with Crippen molar-refractivity contribution in [3.05, 3.63) is 163 Å². The molecule has 296 valence electrons. The lowest BCUT2D eigenvalue weighted by atomic mass is 9.87. The van der Waals surface area contributed by atoms with Gasteiger partial charge in [-0.2, -0.15) is 5.16 Å². The van der Waals surface area contributed by atoms with Gasteiger partial charge in [-0.15, -0.1) is 22.7 Å². The number of rotatable bonds is 14. The summed E-state index contributed by atoms with van der Waals surface area (Å²) in [5.41, 5.74) is 4.56. The Kier molecular flexibility index (Phi) is 14.4. The zero-order valence-corrected chi connectivity index (χ0v) is 34.1. The first-order valence-electron chi connectivity index (χ1n) is 18.0. The number of aromatic amines is 1. The lowest BCUT2D eigenvalue weighted by Gasteiger charge is -2.19. The second kappa shape index (κ2) is 20.0. The molecule has 58 heavy (non-hydrogen) atoms. The number of benzene rings is 4. The first-order chi connectivity index (χ1) is 28.0. The topological polar surface area (TPSA) is 167 Å². The molecular formula is C43H37Cl2N5O6S2. The van der Waals surface area contributed by atoms with Crippen molar-refractivity contribution >= 4 is 73.9 Å². The monoisotopic (exact) mass is 853 g/mol. The molecule has 0 aliphatic heterocycles. The predicted molar refractivity (Wildman–Crippen MR) is 229 cm³/mol. The molecule has 0 aliphatic carbocycles. The molecule has 0 saturated heterocycles. The molecule has 3 atom stereocenters. The highest BCUT2D eigenvalue weighted by Gasteiger charge is 2.31. The maximum atomic E-state index is 13.0. The number of halogens is 2. The van der Waals surface area contributed by atoms with Crippen molar-refractivity contribution in [1.29, 1.82) is 0 Å². The van der Waals surface area contributed by atoms with E-state index in [4.69, 9.17) is 27.7 Å². The van der Waals surface area contributed by atoms with Gasteiger partial charge in [-0.3, -0.25) is 19.2 Å². The fourth-order valence-corrected chi connectivity index (χ4v) is 7.90. The summed E-state index contributed by atoms with van der Waals surface area (Å²) in [6.07, 6.45) is 1.13. The highest BCUT2D eigenvalue weighted by molar-refractivity contribution is 7.14. The highest BCUT2D eigenvalue weighted by Crippen LogP contribution is 2.32. The van der Waals surface area contributed by atoms with E-state index in [-0.39, 0.29) is 17.4 Å². The van der Waals surface area contributed by atoms with Gasteiger partial charge in [-0.25, -0.2) is 9.97 Å². The fraction of sp³-hybridized carbons (Fsp3) is 0.163. The Labute approximate surface area is 351 Å². The third kappa shape index (κ3) is 11.4. The quantitative estimate of drug-likeness (QED) is 0.0839. The largest absolute Gasteiger partial charge is 0.481 e. The van der Waals surface area contributed by atoms with Crippen molar-refractivity contribution in [2.75, 3.05) is 10.6 Å². The SMILES string of the molecule is CC(C(=O)O)[C@@H](Cc1ccccc1)C(=O)Nc1nc(-c2ccccc2Cl)cs1.O=C(Nc1nc(-c2ccccc2Cl)cs1)[C@H](Cc1ccccc1)Cc1cc(=O)[nH]o1. The van der Waals surface area contributed by atoms with Crippen molar-refractivity contribution in [2.24, 2.45) is 17.8 Å². The summed E-state index contributed by atoms with van der Waals surface area (Å²) in [6, 6.07) is 35.2. The number of amides is 2. The third-order valence-corrected chi connectivity index (χ3v) is 11.3. The minimum atomic E-state index is -1.01. The number of nitrogens with one attached hydrogen (secondary N) is 3. The number of nitrogens with zero attached hydrogens (tertiary/aromatic N) is 2. The van der Waals surface area contributed by atoms with Crippen LogP contribution >= 0.6 is 45.9 Å². The lowest BCUT2D eigenvalue weighted by Crippen LogP contribution is -2.33. The number of aromatic nitrogens is 3. The van der Waals surface area contributed by atoms with Gasteiger partial charge in [0.05, 0.1) is 23.2 Å². The first-order valence-corrected chi connectivity index (χ1v) is 20.6. The number of carboxylic acids is 1. The molecule has 11 nitrogen and oxygen atoms in total. The van der Waals surface area contributed by atoms with Gasteiger partial charge >= 0.3 is 5.97 Å². The average molecular weight is 855 g/mol. The fourth-order valence-electron chi connectivity index (χ4n) is 6.01. The Morgan fingerprint density at radius 3 is 1.67 bits per heavy atom. The van der Waals surface area contributed by atoms with Gasteiger partial charge in [0, 0.05) is 50.3 Å². The van der Waals surface area contributed by atoms with E-state index >= 15 is 0 Å². The summed E-state index contributed by atoms with van der Waals surface area (Å²) in [6.45, 7) is 1.55. The van der Waals surface area contributed by atoms with E-state index in [0.717, 1.165) is 22.3 Å². The first kappa shape index (κ1) is 41.8. The van der Waals surface area contributed by atoms with Crippen LogP contribution in [0.4, 0.5) is 10.3 Å². The van der Waals surface area contributed by atoms with Gasteiger partial charge in [0.15, 0.2) is 10.3 Å². The number of aliphatic carboxylic acids is 1. The molecule has 0 aliphatic rings. The standard InChI is InChI=1S/C22H18ClN3O3S.C21H19ClN2O3S/c23-18-9-5-4-8-17(18)19-13-30-22(24-19)25-21(28)15(10-14-6-2-1-3-7-14)11-16-12-20(27)26-29-16;1-13(20(26)27)16(11-14-7-3-2-4-8-14)19(25)24-21-23-18(12-28-21)15-9-5-6-10-17(15)22/h1-9,12-13,15H,10-11H2,(H,26,27)(H,24,25,28);2-10,12-13,16H,11H2,1H3,(H,26,27)(H,23,24,25)/t15-;13?,16-/m11/s1. The second-order valence-electron chi connectivity index (χ2n) is 13.2. The predicted octanol–water partition coefficient (Wildman–Crippen LogP) is 9.77. The van der Waals surface area contributed by atoms with Crippen LogP contribution in [0.15, 0.2) is 135 Å². The molecular weight excluding hydrogens is 818 g/mol. The lowest BCUT2D eigenvalue weighted by molar-refractivity contribution is -0.145. The molecule has 7 rings (SSSR count). The van der Waals surface area contributed by atoms with Crippen molar-refractivity contribution in [3.63, 3.8) is 0 Å². The number of anilines is 2. The summed E-state index contributed by atoms with van der Waals surface area (Å²) in [4.78, 5) is 57.7. The maximum Gasteiger partial charge on any atom is 0.307 e. The molecule has 0 spiro atoms. The van der Waals surface area contributed by atoms with Crippen LogP contribution in [0.1, 0.15) is 23.8 Å². The molecule has 0 fully saturated rings. The second-order valence-corrected chi connectivity index (χ2v) is 15.7. The van der Waals surface area contributed by atoms with E-state index < -0.39 is 23.7 Å². The van der Waals surface area contributed by atoms with Crippen molar-refractivity contribution < 1.29 is 24.0 Å². The van der Waals surface area contributed by atoms with Crippen LogP contribution in [0.5, 0.6) is 0 Å². The molecule has 4 aromatic carbocycles. The summed E-state index contributed by atoms with van der Waals surface area (Å²) in [5, 5.41) is 23.1. The van der Waals surface area contributed by atoms with Crippen LogP contribution < -0.4 is 16.2 Å². The zero-order chi connectivity index (χ0) is 41.0. The van der Waals surface area contributed by atoms with Gasteiger partial charge in [0.1, 0.15) is 5.76 Å². The summed E-state index contributed by atoms with van der Waals surface area (Å²) in [7, 11) is 0. The van der Waals surface area contributed by atoms with Crippen LogP contribution in [-0.4, -0.2) is 38.0 Å². The number of carbonyl (C=O) groups is 3. The van der Waals surface area contributed by atoms with Gasteiger partial charge in [0.2, 0.25) is 11.8 Å². The van der Waals surface area contributed by atoms with E-state index in [9.17, 15) is 24.3 Å². The number of hydrogen-bond donors (Lipinski definition) is 4. The van der Waals surface area contributed by atoms with Crippen LogP contribution in [0.2, 0.25) is 10.0 Å². The highest BCUT2D eigenvalue weighted by atomic mass is 35.5. The molecule has 1 unspecified atom stereocenters. The van der Waals surface area contributed by atoms with E-state index in [1.54, 1.807) is 19.1 Å². The molecule has 0 bridgehead atoms. The molecule has 4 N–H and O–H groups in total. The van der Waals surface area contributed by atoms with Crippen molar-refractivity contribution in [3.8, 4) is 22.5 Å². The molecule has 0 saturated carbocycles. The molecule has 7 aromatic rings. The third-order valence-electron chi connectivity index (χ3n) is 9.11. The summed E-state index contributed by atoms with van der Waals surface area (Å²) < 4.78 is 5.16. The normalized spacial score (nSPS) is 12.4. The summed E-state index contributed by atoms with van der Waals surface area (Å²) in [5.74, 6) is -3.10. The molecule has 2 amide bonds. The Bertz CT molecular complexity index is 2520. The van der Waals surface area contributed by atoms with Crippen molar-refractivity contribution in [1.82, 2.24) is 15.1 Å². The molecule has 3 heterocycles. The summed E-state index contributed by atoms with van der Waals surface area (Å²) >= 11 is 15.1. The van der Waals surface area contributed by atoms with Gasteiger partial charge in [-0.05, 0) is 36.1 Å². The van der Waals surface area contributed by atoms with Crippen LogP contribution in [0.3, 0.4) is 0 Å². The molecule has 0 radical (unpaired) electrons. The minimum absolute atomic E-state index is 0.192.